The molecule has 0 radical (unpaired) electrons. The van der Waals surface area contributed by atoms with Crippen molar-refractivity contribution in [2.45, 2.75) is 50.7 Å². The molecule has 1 aromatic rings. The standard InChI is InChI=1S/C17H26O4S/c1-12-9-17(2,3)10-15(18)16(12)22(19,20)11-13-6-5-7-14(8-13)21-4/h5-8,12,15-16,18H,9-11H2,1-4H3/t12-,15-,16+/m0/s1. The fourth-order valence-electron chi connectivity index (χ4n) is 3.82. The van der Waals surface area contributed by atoms with Crippen LogP contribution in [-0.4, -0.2) is 32.0 Å². The molecule has 0 aromatic heterocycles. The van der Waals surface area contributed by atoms with Crippen LogP contribution in [0.2, 0.25) is 0 Å². The zero-order chi connectivity index (χ0) is 16.5. The third kappa shape index (κ3) is 3.82. The molecule has 1 saturated carbocycles. The minimum atomic E-state index is -3.42. The number of sulfone groups is 1. The first kappa shape index (κ1) is 17.3. The number of aliphatic hydroxyl groups excluding tert-OH is 1. The predicted octanol–water partition coefficient (Wildman–Crippen LogP) is 2.80. The molecule has 124 valence electrons. The van der Waals surface area contributed by atoms with E-state index in [1.165, 1.54) is 0 Å². The number of methoxy groups -OCH3 is 1. The number of hydrogen-bond acceptors (Lipinski definition) is 4. The Kier molecular flexibility index (Phi) is 4.87. The first-order valence-corrected chi connectivity index (χ1v) is 9.39. The summed E-state index contributed by atoms with van der Waals surface area (Å²) >= 11 is 0. The SMILES string of the molecule is COc1cccc(CS(=O)(=O)[C@@H]2[C@@H](C)CC(C)(C)C[C@@H]2O)c1. The minimum absolute atomic E-state index is 0.0131. The van der Waals surface area contributed by atoms with E-state index in [2.05, 4.69) is 13.8 Å². The molecule has 1 fully saturated rings. The zero-order valence-corrected chi connectivity index (χ0v) is 14.6. The lowest BCUT2D eigenvalue weighted by atomic mass is 9.71. The number of hydrogen-bond donors (Lipinski definition) is 1. The van der Waals surface area contributed by atoms with Crippen molar-refractivity contribution in [2.75, 3.05) is 7.11 Å². The molecule has 0 saturated heterocycles. The van der Waals surface area contributed by atoms with Crippen LogP contribution in [-0.2, 0) is 15.6 Å². The fourth-order valence-corrected chi connectivity index (χ4v) is 6.03. The Hall–Kier alpha value is -1.07. The van der Waals surface area contributed by atoms with Crippen molar-refractivity contribution >= 4 is 9.84 Å². The van der Waals surface area contributed by atoms with E-state index in [0.717, 1.165) is 6.42 Å². The molecule has 1 aliphatic carbocycles. The summed E-state index contributed by atoms with van der Waals surface area (Å²) in [6, 6.07) is 7.09. The summed E-state index contributed by atoms with van der Waals surface area (Å²) < 4.78 is 30.7. The lowest BCUT2D eigenvalue weighted by molar-refractivity contribution is 0.0432. The third-order valence-electron chi connectivity index (χ3n) is 4.49. The van der Waals surface area contributed by atoms with Gasteiger partial charge in [0.1, 0.15) is 5.75 Å². The van der Waals surface area contributed by atoms with Gasteiger partial charge in [-0.15, -0.1) is 0 Å². The molecule has 3 atom stereocenters. The Morgan fingerprint density at radius 2 is 2.00 bits per heavy atom. The van der Waals surface area contributed by atoms with Crippen LogP contribution in [0.5, 0.6) is 5.75 Å². The summed E-state index contributed by atoms with van der Waals surface area (Å²) in [7, 11) is -1.86. The maximum Gasteiger partial charge on any atom is 0.160 e. The normalized spacial score (nSPS) is 28.3. The van der Waals surface area contributed by atoms with E-state index >= 15 is 0 Å². The van der Waals surface area contributed by atoms with E-state index in [0.29, 0.717) is 17.7 Å². The molecule has 0 heterocycles. The van der Waals surface area contributed by atoms with Gasteiger partial charge in [0.15, 0.2) is 9.84 Å². The van der Waals surface area contributed by atoms with Crippen LogP contribution >= 0.6 is 0 Å². The Balaban J connectivity index is 2.22. The molecule has 1 aliphatic rings. The predicted molar refractivity (Wildman–Crippen MR) is 87.6 cm³/mol. The van der Waals surface area contributed by atoms with Crippen molar-refractivity contribution in [1.82, 2.24) is 0 Å². The van der Waals surface area contributed by atoms with Crippen molar-refractivity contribution in [1.29, 1.82) is 0 Å². The van der Waals surface area contributed by atoms with E-state index in [1.807, 2.05) is 6.92 Å². The molecule has 0 bridgehead atoms. The van der Waals surface area contributed by atoms with Crippen molar-refractivity contribution in [3.63, 3.8) is 0 Å². The first-order chi connectivity index (χ1) is 10.1. The summed E-state index contributed by atoms with van der Waals surface area (Å²) in [5, 5.41) is 9.70. The Morgan fingerprint density at radius 1 is 1.32 bits per heavy atom. The van der Waals surface area contributed by atoms with Gasteiger partial charge in [0.25, 0.3) is 0 Å². The monoisotopic (exact) mass is 326 g/mol. The molecule has 2 rings (SSSR count). The van der Waals surface area contributed by atoms with Crippen molar-refractivity contribution < 1.29 is 18.3 Å². The molecule has 1 aromatic carbocycles. The van der Waals surface area contributed by atoms with Crippen LogP contribution in [0, 0.1) is 11.3 Å². The highest BCUT2D eigenvalue weighted by Crippen LogP contribution is 2.42. The Bertz CT molecular complexity index is 607. The van der Waals surface area contributed by atoms with Crippen LogP contribution < -0.4 is 4.74 Å². The molecule has 0 amide bonds. The summed E-state index contributed by atoms with van der Waals surface area (Å²) in [5.41, 5.74) is 0.685. The van der Waals surface area contributed by atoms with Gasteiger partial charge in [-0.1, -0.05) is 32.9 Å². The number of aliphatic hydroxyl groups is 1. The largest absolute Gasteiger partial charge is 0.497 e. The van der Waals surface area contributed by atoms with Gasteiger partial charge in [0, 0.05) is 0 Å². The highest BCUT2D eigenvalue weighted by Gasteiger charge is 2.45. The Morgan fingerprint density at radius 3 is 2.59 bits per heavy atom. The second kappa shape index (κ2) is 6.20. The quantitative estimate of drug-likeness (QED) is 0.924. The van der Waals surface area contributed by atoms with Crippen LogP contribution in [0.25, 0.3) is 0 Å². The van der Waals surface area contributed by atoms with Crippen molar-refractivity contribution in [3.8, 4) is 5.75 Å². The summed E-state index contributed by atoms with van der Waals surface area (Å²) in [6.07, 6.45) is 0.542. The van der Waals surface area contributed by atoms with E-state index in [-0.39, 0.29) is 17.1 Å². The summed E-state index contributed by atoms with van der Waals surface area (Å²) in [5.74, 6) is 0.539. The van der Waals surface area contributed by atoms with Crippen molar-refractivity contribution in [3.05, 3.63) is 29.8 Å². The lowest BCUT2D eigenvalue weighted by Gasteiger charge is -2.42. The van der Waals surface area contributed by atoms with Gasteiger partial charge in [-0.25, -0.2) is 8.42 Å². The van der Waals surface area contributed by atoms with Gasteiger partial charge in [-0.3, -0.25) is 0 Å². The first-order valence-electron chi connectivity index (χ1n) is 7.67. The summed E-state index contributed by atoms with van der Waals surface area (Å²) in [6.45, 7) is 6.09. The molecule has 4 nitrogen and oxygen atoms in total. The second-order valence-electron chi connectivity index (χ2n) is 7.24. The number of ether oxygens (including phenoxy) is 1. The molecular formula is C17H26O4S. The smallest absolute Gasteiger partial charge is 0.160 e. The van der Waals surface area contributed by atoms with Gasteiger partial charge < -0.3 is 9.84 Å². The maximum absolute atomic E-state index is 12.8. The highest BCUT2D eigenvalue weighted by molar-refractivity contribution is 7.91. The van der Waals surface area contributed by atoms with E-state index in [4.69, 9.17) is 4.74 Å². The van der Waals surface area contributed by atoms with E-state index in [1.54, 1.807) is 31.4 Å². The molecule has 0 spiro atoms. The average molecular weight is 326 g/mol. The molecular weight excluding hydrogens is 300 g/mol. The number of rotatable bonds is 4. The second-order valence-corrected chi connectivity index (χ2v) is 9.40. The number of benzene rings is 1. The van der Waals surface area contributed by atoms with Crippen LogP contribution in [0.4, 0.5) is 0 Å². The molecule has 0 aliphatic heterocycles. The lowest BCUT2D eigenvalue weighted by Crippen LogP contribution is -2.47. The van der Waals surface area contributed by atoms with Gasteiger partial charge in [-0.05, 0) is 41.9 Å². The van der Waals surface area contributed by atoms with Gasteiger partial charge in [-0.2, -0.15) is 0 Å². The van der Waals surface area contributed by atoms with Gasteiger partial charge in [0.2, 0.25) is 0 Å². The molecule has 5 heteroatoms. The molecule has 1 N–H and O–H groups in total. The molecule has 22 heavy (non-hydrogen) atoms. The van der Waals surface area contributed by atoms with Gasteiger partial charge >= 0.3 is 0 Å². The third-order valence-corrected chi connectivity index (χ3v) is 6.84. The Labute approximate surface area is 133 Å². The zero-order valence-electron chi connectivity index (χ0n) is 13.7. The topological polar surface area (TPSA) is 63.6 Å². The van der Waals surface area contributed by atoms with Crippen LogP contribution in [0.3, 0.4) is 0 Å². The highest BCUT2D eigenvalue weighted by atomic mass is 32.2. The molecule has 0 unspecified atom stereocenters. The van der Waals surface area contributed by atoms with E-state index < -0.39 is 21.2 Å². The minimum Gasteiger partial charge on any atom is -0.497 e. The van der Waals surface area contributed by atoms with Crippen LogP contribution in [0.15, 0.2) is 24.3 Å². The summed E-state index contributed by atoms with van der Waals surface area (Å²) in [4.78, 5) is 0. The van der Waals surface area contributed by atoms with Crippen LogP contribution in [0.1, 0.15) is 39.2 Å². The van der Waals surface area contributed by atoms with Crippen molar-refractivity contribution in [2.24, 2.45) is 11.3 Å². The van der Waals surface area contributed by atoms with Gasteiger partial charge in [0.05, 0.1) is 24.2 Å². The fraction of sp³-hybridized carbons (Fsp3) is 0.647. The van der Waals surface area contributed by atoms with E-state index in [9.17, 15) is 13.5 Å². The maximum atomic E-state index is 12.8. The average Bonchev–Trinajstić information content (AvgIpc) is 2.35.